The van der Waals surface area contributed by atoms with Gasteiger partial charge in [0.1, 0.15) is 12.3 Å². The molecule has 0 bridgehead atoms. The number of aromatic nitrogens is 3. The molecule has 2 aromatic heterocycles. The maximum absolute atomic E-state index is 13.3. The first-order valence-corrected chi connectivity index (χ1v) is 11.2. The summed E-state index contributed by atoms with van der Waals surface area (Å²) in [5.74, 6) is 1.69. The first kappa shape index (κ1) is 20.6. The Morgan fingerprint density at radius 2 is 1.90 bits per heavy atom. The van der Waals surface area contributed by atoms with E-state index in [0.29, 0.717) is 44.0 Å². The number of amides is 1. The number of carbonyl (C=O) groups excluding carboxylic acids is 1. The Morgan fingerprint density at radius 3 is 2.65 bits per heavy atom. The molecule has 0 aromatic carbocycles. The lowest BCUT2D eigenvalue weighted by atomic mass is 9.83. The highest BCUT2D eigenvalue weighted by atomic mass is 19.4. The minimum absolute atomic E-state index is 0.127. The van der Waals surface area contributed by atoms with Gasteiger partial charge in [-0.3, -0.25) is 9.48 Å². The van der Waals surface area contributed by atoms with Gasteiger partial charge >= 0.3 is 6.18 Å². The summed E-state index contributed by atoms with van der Waals surface area (Å²) in [5, 5.41) is 8.04. The molecule has 1 atom stereocenters. The molecule has 0 N–H and O–H groups in total. The van der Waals surface area contributed by atoms with Crippen LogP contribution in [0.25, 0.3) is 0 Å². The van der Waals surface area contributed by atoms with E-state index in [1.165, 1.54) is 10.2 Å². The zero-order valence-corrected chi connectivity index (χ0v) is 17.7. The third kappa shape index (κ3) is 3.76. The average molecular weight is 436 g/mol. The van der Waals surface area contributed by atoms with Gasteiger partial charge in [-0.15, -0.1) is 0 Å². The summed E-state index contributed by atoms with van der Waals surface area (Å²) in [7, 11) is 0. The summed E-state index contributed by atoms with van der Waals surface area (Å²) < 4.78 is 46.8. The summed E-state index contributed by atoms with van der Waals surface area (Å²) in [4.78, 5) is 14.6. The van der Waals surface area contributed by atoms with E-state index in [1.807, 2.05) is 0 Å². The molecule has 0 saturated carbocycles. The molecule has 168 valence electrons. The summed E-state index contributed by atoms with van der Waals surface area (Å²) in [6.07, 6.45) is 1.79. The predicted molar refractivity (Wildman–Crippen MR) is 106 cm³/mol. The summed E-state index contributed by atoms with van der Waals surface area (Å²) in [5.41, 5.74) is 2.35. The van der Waals surface area contributed by atoms with Gasteiger partial charge in [0.25, 0.3) is 0 Å². The van der Waals surface area contributed by atoms with Crippen LogP contribution in [-0.2, 0) is 43.2 Å². The molecule has 1 aliphatic heterocycles. The third-order valence-electron chi connectivity index (χ3n) is 7.11. The average Bonchev–Trinajstić information content (AvgIpc) is 3.43. The van der Waals surface area contributed by atoms with Gasteiger partial charge < -0.3 is 9.42 Å². The molecule has 0 spiro atoms. The van der Waals surface area contributed by atoms with Crippen LogP contribution in [0.15, 0.2) is 4.52 Å². The Balaban J connectivity index is 1.24. The van der Waals surface area contributed by atoms with Crippen LogP contribution in [0.5, 0.6) is 0 Å². The third-order valence-corrected chi connectivity index (χ3v) is 7.11. The van der Waals surface area contributed by atoms with Gasteiger partial charge in [-0.05, 0) is 57.3 Å². The standard InChI is InChI=1S/C22H27F3N4O2/c1-13-5-6-17-16(11-13)20(31-27-17)14-7-9-28(10-8-14)19(30)12-29-18-4-2-3-15(18)21(26-29)22(23,24)25/h13-14H,2-12H2,1H3/t13-/m0/s1. The monoisotopic (exact) mass is 436 g/mol. The molecular weight excluding hydrogens is 409 g/mol. The lowest BCUT2D eigenvalue weighted by molar-refractivity contribution is -0.142. The Bertz CT molecular complexity index is 986. The molecule has 9 heteroatoms. The van der Waals surface area contributed by atoms with Crippen LogP contribution in [0, 0.1) is 5.92 Å². The highest BCUT2D eigenvalue weighted by Gasteiger charge is 2.40. The van der Waals surface area contributed by atoms with Crippen molar-refractivity contribution < 1.29 is 22.5 Å². The van der Waals surface area contributed by atoms with Crippen molar-refractivity contribution in [1.29, 1.82) is 0 Å². The Morgan fingerprint density at radius 1 is 1.13 bits per heavy atom. The SMILES string of the molecule is C[C@H]1CCc2noc(C3CCN(C(=O)Cn4nc(C(F)(F)F)c5c4CCC5)CC3)c2C1. The van der Waals surface area contributed by atoms with Gasteiger partial charge in [0, 0.05) is 35.8 Å². The largest absolute Gasteiger partial charge is 0.435 e. The van der Waals surface area contributed by atoms with Crippen molar-refractivity contribution in [2.45, 2.75) is 76.9 Å². The maximum atomic E-state index is 13.3. The second-order valence-electron chi connectivity index (χ2n) is 9.26. The molecule has 31 heavy (non-hydrogen) atoms. The normalized spacial score (nSPS) is 21.9. The van der Waals surface area contributed by atoms with E-state index in [1.54, 1.807) is 4.90 Å². The summed E-state index contributed by atoms with van der Waals surface area (Å²) in [6.45, 7) is 3.27. The molecule has 1 amide bonds. The highest BCUT2D eigenvalue weighted by molar-refractivity contribution is 5.76. The summed E-state index contributed by atoms with van der Waals surface area (Å²) in [6, 6.07) is 0. The van der Waals surface area contributed by atoms with E-state index in [4.69, 9.17) is 4.52 Å². The van der Waals surface area contributed by atoms with Gasteiger partial charge in [-0.1, -0.05) is 12.1 Å². The van der Waals surface area contributed by atoms with E-state index in [-0.39, 0.29) is 23.9 Å². The number of rotatable bonds is 3. The van der Waals surface area contributed by atoms with Crippen molar-refractivity contribution in [3.8, 4) is 0 Å². The van der Waals surface area contributed by atoms with Gasteiger partial charge in [-0.25, -0.2) is 0 Å². The second kappa shape index (κ2) is 7.67. The minimum Gasteiger partial charge on any atom is -0.361 e. The number of fused-ring (bicyclic) bond motifs is 2. The number of halogens is 3. The Hall–Kier alpha value is -2.32. The molecule has 1 saturated heterocycles. The molecule has 0 radical (unpaired) electrons. The van der Waals surface area contributed by atoms with Crippen molar-refractivity contribution in [1.82, 2.24) is 19.8 Å². The van der Waals surface area contributed by atoms with Crippen LogP contribution in [0.2, 0.25) is 0 Å². The van der Waals surface area contributed by atoms with Gasteiger partial charge in [0.05, 0.1) is 5.69 Å². The van der Waals surface area contributed by atoms with E-state index >= 15 is 0 Å². The van der Waals surface area contributed by atoms with Crippen molar-refractivity contribution in [2.75, 3.05) is 13.1 Å². The van der Waals surface area contributed by atoms with Crippen LogP contribution in [-0.4, -0.2) is 38.8 Å². The van der Waals surface area contributed by atoms with Crippen molar-refractivity contribution in [2.24, 2.45) is 5.92 Å². The fourth-order valence-electron chi connectivity index (χ4n) is 5.41. The second-order valence-corrected chi connectivity index (χ2v) is 9.26. The smallest absolute Gasteiger partial charge is 0.361 e. The lowest BCUT2D eigenvalue weighted by Crippen LogP contribution is -2.40. The first-order valence-electron chi connectivity index (χ1n) is 11.2. The molecular formula is C22H27F3N4O2. The van der Waals surface area contributed by atoms with Gasteiger partial charge in [0.2, 0.25) is 5.91 Å². The quantitative estimate of drug-likeness (QED) is 0.732. The molecule has 1 fully saturated rings. The zero-order valence-electron chi connectivity index (χ0n) is 17.7. The Labute approximate surface area is 178 Å². The van der Waals surface area contributed by atoms with Gasteiger partial charge in [-0.2, -0.15) is 18.3 Å². The predicted octanol–water partition coefficient (Wildman–Crippen LogP) is 3.91. The minimum atomic E-state index is -4.48. The van der Waals surface area contributed by atoms with E-state index in [2.05, 4.69) is 17.2 Å². The number of hydrogen-bond acceptors (Lipinski definition) is 4. The van der Waals surface area contributed by atoms with Crippen LogP contribution in [0.1, 0.15) is 72.5 Å². The molecule has 0 unspecified atom stereocenters. The van der Waals surface area contributed by atoms with Crippen LogP contribution in [0.4, 0.5) is 13.2 Å². The van der Waals surface area contributed by atoms with Crippen molar-refractivity contribution >= 4 is 5.91 Å². The maximum Gasteiger partial charge on any atom is 0.435 e. The number of piperidine rings is 1. The topological polar surface area (TPSA) is 64.2 Å². The van der Waals surface area contributed by atoms with Gasteiger partial charge in [0.15, 0.2) is 5.69 Å². The Kier molecular flexibility index (Phi) is 5.09. The fourth-order valence-corrected chi connectivity index (χ4v) is 5.41. The van der Waals surface area contributed by atoms with E-state index in [9.17, 15) is 18.0 Å². The molecule has 6 nitrogen and oxygen atoms in total. The zero-order chi connectivity index (χ0) is 21.8. The van der Waals surface area contributed by atoms with Crippen LogP contribution in [0.3, 0.4) is 0 Å². The number of alkyl halides is 3. The van der Waals surface area contributed by atoms with Crippen LogP contribution >= 0.6 is 0 Å². The molecule has 3 heterocycles. The van der Waals surface area contributed by atoms with Crippen molar-refractivity contribution in [3.05, 3.63) is 34.0 Å². The summed E-state index contributed by atoms with van der Waals surface area (Å²) >= 11 is 0. The molecule has 5 rings (SSSR count). The first-order chi connectivity index (χ1) is 14.8. The van der Waals surface area contributed by atoms with Crippen LogP contribution < -0.4 is 0 Å². The fraction of sp³-hybridized carbons (Fsp3) is 0.682. The number of aryl methyl sites for hydroxylation is 1. The molecule has 3 aliphatic rings. The van der Waals surface area contributed by atoms with E-state index < -0.39 is 11.9 Å². The lowest BCUT2D eigenvalue weighted by Gasteiger charge is -2.31. The highest BCUT2D eigenvalue weighted by Crippen LogP contribution is 2.38. The number of hydrogen-bond donors (Lipinski definition) is 0. The number of nitrogens with zero attached hydrogens (tertiary/aromatic N) is 4. The molecule has 2 aliphatic carbocycles. The number of likely N-dealkylation sites (tertiary alicyclic amines) is 1. The number of carbonyl (C=O) groups is 1. The van der Waals surface area contributed by atoms with E-state index in [0.717, 1.165) is 43.6 Å². The van der Waals surface area contributed by atoms with Crippen molar-refractivity contribution in [3.63, 3.8) is 0 Å². The molecule has 2 aromatic rings.